The quantitative estimate of drug-likeness (QED) is 0.817. The Hall–Kier alpha value is -1.86. The first-order chi connectivity index (χ1) is 11.5. The first-order valence-corrected chi connectivity index (χ1v) is 8.41. The van der Waals surface area contributed by atoms with Crippen molar-refractivity contribution < 1.29 is 17.9 Å². The molecule has 1 N–H and O–H groups in total. The smallest absolute Gasteiger partial charge is 0.446 e. The highest BCUT2D eigenvalue weighted by Crippen LogP contribution is 2.44. The highest BCUT2D eigenvalue weighted by Gasteiger charge is 2.31. The van der Waals surface area contributed by atoms with Crippen LogP contribution in [0.4, 0.5) is 18.9 Å². The monoisotopic (exact) mass is 354 g/mol. The number of thioether (sulfide) groups is 1. The van der Waals surface area contributed by atoms with Crippen LogP contribution in [0.3, 0.4) is 0 Å². The summed E-state index contributed by atoms with van der Waals surface area (Å²) in [5, 5.41) is 3.26. The number of ether oxygens (including phenoxy) is 1. The van der Waals surface area contributed by atoms with Gasteiger partial charge < -0.3 is 15.0 Å². The number of benzene rings is 2. The zero-order valence-electron chi connectivity index (χ0n) is 12.8. The largest absolute Gasteiger partial charge is 0.456 e. The van der Waals surface area contributed by atoms with E-state index in [1.165, 1.54) is 6.07 Å². The number of para-hydroxylation sites is 1. The Bertz CT molecular complexity index is 673. The van der Waals surface area contributed by atoms with Gasteiger partial charge in [0.05, 0.1) is 4.90 Å². The van der Waals surface area contributed by atoms with Crippen molar-refractivity contribution in [1.29, 1.82) is 0 Å². The maximum absolute atomic E-state index is 12.8. The van der Waals surface area contributed by atoms with E-state index < -0.39 is 5.51 Å². The number of alkyl halides is 3. The fourth-order valence-corrected chi connectivity index (χ4v) is 3.11. The first kappa shape index (κ1) is 17.0. The Kier molecular flexibility index (Phi) is 5.20. The maximum Gasteiger partial charge on any atom is 0.446 e. The van der Waals surface area contributed by atoms with E-state index in [0.29, 0.717) is 5.75 Å². The summed E-state index contributed by atoms with van der Waals surface area (Å²) in [6, 6.07) is 13.7. The van der Waals surface area contributed by atoms with Crippen molar-refractivity contribution in [2.45, 2.75) is 10.4 Å². The van der Waals surface area contributed by atoms with E-state index in [4.69, 9.17) is 4.74 Å². The van der Waals surface area contributed by atoms with Gasteiger partial charge in [-0.2, -0.15) is 13.2 Å². The molecule has 0 aliphatic carbocycles. The molecule has 7 heteroatoms. The van der Waals surface area contributed by atoms with Crippen molar-refractivity contribution in [3.63, 3.8) is 0 Å². The number of anilines is 1. The number of nitrogens with zero attached hydrogens (tertiary/aromatic N) is 1. The summed E-state index contributed by atoms with van der Waals surface area (Å²) >= 11 is -0.154. The van der Waals surface area contributed by atoms with Gasteiger partial charge in [0, 0.05) is 37.9 Å². The molecule has 0 radical (unpaired) electrons. The molecule has 2 aromatic carbocycles. The van der Waals surface area contributed by atoms with Gasteiger partial charge in [0.2, 0.25) is 0 Å². The molecule has 0 aromatic heterocycles. The highest BCUT2D eigenvalue weighted by atomic mass is 32.2. The third kappa shape index (κ3) is 4.58. The Morgan fingerprint density at radius 3 is 2.38 bits per heavy atom. The molecule has 1 aliphatic rings. The van der Waals surface area contributed by atoms with Crippen molar-refractivity contribution in [2.75, 3.05) is 31.1 Å². The fraction of sp³-hybridized carbons (Fsp3) is 0.294. The summed E-state index contributed by atoms with van der Waals surface area (Å²) < 4.78 is 44.1. The van der Waals surface area contributed by atoms with Crippen LogP contribution < -0.4 is 15.0 Å². The summed E-state index contributed by atoms with van der Waals surface area (Å²) in [5.41, 5.74) is -3.49. The molecule has 3 nitrogen and oxygen atoms in total. The van der Waals surface area contributed by atoms with Crippen LogP contribution in [-0.2, 0) is 0 Å². The Morgan fingerprint density at radius 1 is 1.00 bits per heavy atom. The Balaban J connectivity index is 1.90. The normalized spacial score (nSPS) is 15.4. The van der Waals surface area contributed by atoms with Gasteiger partial charge in [0.1, 0.15) is 11.5 Å². The highest BCUT2D eigenvalue weighted by molar-refractivity contribution is 8.00. The number of hydrogen-bond donors (Lipinski definition) is 1. The number of halogens is 3. The van der Waals surface area contributed by atoms with Gasteiger partial charge in [0.15, 0.2) is 0 Å². The lowest BCUT2D eigenvalue weighted by Crippen LogP contribution is -2.43. The van der Waals surface area contributed by atoms with E-state index in [1.54, 1.807) is 36.4 Å². The van der Waals surface area contributed by atoms with Gasteiger partial charge >= 0.3 is 5.51 Å². The van der Waals surface area contributed by atoms with Crippen molar-refractivity contribution >= 4 is 17.4 Å². The van der Waals surface area contributed by atoms with Gasteiger partial charge in [-0.05, 0) is 36.0 Å². The molecule has 1 aliphatic heterocycles. The van der Waals surface area contributed by atoms with E-state index in [2.05, 4.69) is 10.2 Å². The molecule has 1 saturated heterocycles. The molecule has 0 unspecified atom stereocenters. The maximum atomic E-state index is 12.8. The minimum Gasteiger partial charge on any atom is -0.456 e. The van der Waals surface area contributed by atoms with Crippen LogP contribution in [0.2, 0.25) is 0 Å². The molecule has 0 spiro atoms. The molecular weight excluding hydrogens is 337 g/mol. The second kappa shape index (κ2) is 7.36. The fourth-order valence-electron chi connectivity index (χ4n) is 2.52. The second-order valence-corrected chi connectivity index (χ2v) is 6.44. The Labute approximate surface area is 142 Å². The predicted octanol–water partition coefficient (Wildman–Crippen LogP) is 4.50. The number of rotatable bonds is 4. The molecule has 1 heterocycles. The molecular formula is C17H17F3N2OS. The van der Waals surface area contributed by atoms with Crippen LogP contribution in [0.5, 0.6) is 11.5 Å². The molecule has 128 valence electrons. The van der Waals surface area contributed by atoms with Gasteiger partial charge in [-0.15, -0.1) is 0 Å². The van der Waals surface area contributed by atoms with Crippen molar-refractivity contribution in [3.05, 3.63) is 48.5 Å². The molecule has 0 saturated carbocycles. The number of nitrogens with one attached hydrogen (secondary N) is 1. The van der Waals surface area contributed by atoms with E-state index in [1.807, 2.05) is 6.07 Å². The van der Waals surface area contributed by atoms with Crippen LogP contribution in [0, 0.1) is 0 Å². The Morgan fingerprint density at radius 2 is 1.71 bits per heavy atom. The molecule has 3 rings (SSSR count). The van der Waals surface area contributed by atoms with Crippen LogP contribution in [0.15, 0.2) is 53.4 Å². The zero-order valence-corrected chi connectivity index (χ0v) is 13.7. The van der Waals surface area contributed by atoms with Gasteiger partial charge in [-0.25, -0.2) is 0 Å². The van der Waals surface area contributed by atoms with Crippen LogP contribution in [0.25, 0.3) is 0 Å². The lowest BCUT2D eigenvalue weighted by atomic mass is 10.2. The molecule has 1 fully saturated rings. The van der Waals surface area contributed by atoms with Gasteiger partial charge in [-0.3, -0.25) is 0 Å². The summed E-state index contributed by atoms with van der Waals surface area (Å²) in [6.07, 6.45) is 0. The van der Waals surface area contributed by atoms with Crippen molar-refractivity contribution in [1.82, 2.24) is 5.32 Å². The summed E-state index contributed by atoms with van der Waals surface area (Å²) in [5.74, 6) is 0.735. The summed E-state index contributed by atoms with van der Waals surface area (Å²) in [4.78, 5) is 2.20. The average molecular weight is 354 g/mol. The third-order valence-corrected chi connectivity index (χ3v) is 4.39. The second-order valence-electron chi connectivity index (χ2n) is 5.33. The number of hydrogen-bond acceptors (Lipinski definition) is 4. The van der Waals surface area contributed by atoms with Crippen LogP contribution in [0.1, 0.15) is 0 Å². The lowest BCUT2D eigenvalue weighted by Gasteiger charge is -2.30. The zero-order chi connectivity index (χ0) is 17.0. The predicted molar refractivity (Wildman–Crippen MR) is 90.0 cm³/mol. The summed E-state index contributed by atoms with van der Waals surface area (Å²) in [6.45, 7) is 3.34. The molecule has 2 aromatic rings. The third-order valence-electron chi connectivity index (χ3n) is 3.61. The van der Waals surface area contributed by atoms with Crippen molar-refractivity contribution in [3.8, 4) is 11.5 Å². The van der Waals surface area contributed by atoms with Crippen LogP contribution in [-0.4, -0.2) is 31.7 Å². The van der Waals surface area contributed by atoms with Gasteiger partial charge in [-0.1, -0.05) is 18.2 Å². The SMILES string of the molecule is FC(F)(F)Sc1ccc(N2CCNCC2)cc1Oc1ccccc1. The topological polar surface area (TPSA) is 24.5 Å². The summed E-state index contributed by atoms with van der Waals surface area (Å²) in [7, 11) is 0. The van der Waals surface area contributed by atoms with E-state index in [-0.39, 0.29) is 22.4 Å². The van der Waals surface area contributed by atoms with E-state index in [0.717, 1.165) is 31.9 Å². The average Bonchev–Trinajstić information content (AvgIpc) is 2.57. The number of piperazine rings is 1. The lowest BCUT2D eigenvalue weighted by molar-refractivity contribution is -0.0328. The minimum atomic E-state index is -4.36. The first-order valence-electron chi connectivity index (χ1n) is 7.60. The van der Waals surface area contributed by atoms with Gasteiger partial charge in [0.25, 0.3) is 0 Å². The standard InChI is InChI=1S/C17H17F3N2OS/c18-17(19,20)24-16-7-6-13(22-10-8-21-9-11-22)12-15(16)23-14-4-2-1-3-5-14/h1-7,12,21H,8-11H2. The van der Waals surface area contributed by atoms with Crippen molar-refractivity contribution in [2.24, 2.45) is 0 Å². The van der Waals surface area contributed by atoms with E-state index in [9.17, 15) is 13.2 Å². The van der Waals surface area contributed by atoms with E-state index >= 15 is 0 Å². The molecule has 0 atom stereocenters. The molecule has 24 heavy (non-hydrogen) atoms. The molecule has 0 amide bonds. The minimum absolute atomic E-state index is 0.0604. The van der Waals surface area contributed by atoms with Crippen LogP contribution >= 0.6 is 11.8 Å². The molecule has 0 bridgehead atoms.